The first-order valence-corrected chi connectivity index (χ1v) is 13.0. The van der Waals surface area contributed by atoms with E-state index in [1.807, 2.05) is 12.1 Å². The lowest BCUT2D eigenvalue weighted by Gasteiger charge is -2.33. The molecule has 8 nitrogen and oxygen atoms in total. The monoisotopic (exact) mass is 598 g/mol. The Hall–Kier alpha value is -2.23. The van der Waals surface area contributed by atoms with Crippen molar-refractivity contribution < 1.29 is 9.47 Å². The van der Waals surface area contributed by atoms with Crippen molar-refractivity contribution >= 4 is 59.9 Å². The van der Waals surface area contributed by atoms with Gasteiger partial charge in [-0.1, -0.05) is 30.3 Å². The zero-order valence-electron chi connectivity index (χ0n) is 23.0. The second-order valence-corrected chi connectivity index (χ2v) is 9.92. The van der Waals surface area contributed by atoms with Crippen LogP contribution in [0.3, 0.4) is 0 Å². The molecule has 5 rings (SSSR count). The van der Waals surface area contributed by atoms with Gasteiger partial charge in [-0.2, -0.15) is 4.98 Å². The molecule has 3 heterocycles. The molecular formula is C28H41Cl3N6O2. The standard InChI is InChI=1S/C28H38N6O2.3ClH/c1-32-12-7-13-34(17-16-32)28-30-24-19-26(36-3)25(35-2)18-23(24)27(31-28)29-22-10-14-33(15-11-22)20-21-8-5-4-6-9-21;;;/h4-6,8-9,18-19,22H,7,10-17,20H2,1-3H3,(H,29,30,31);3*1H. The summed E-state index contributed by atoms with van der Waals surface area (Å²) in [6, 6.07) is 15.1. The number of ether oxygens (including phenoxy) is 2. The zero-order chi connectivity index (χ0) is 24.9. The van der Waals surface area contributed by atoms with Crippen LogP contribution in [0.2, 0.25) is 0 Å². The predicted molar refractivity (Wildman–Crippen MR) is 167 cm³/mol. The van der Waals surface area contributed by atoms with Crippen LogP contribution < -0.4 is 19.7 Å². The Bertz CT molecular complexity index is 1160. The average Bonchev–Trinajstić information content (AvgIpc) is 3.14. The number of fused-ring (bicyclic) bond motifs is 1. The molecule has 0 atom stereocenters. The first-order valence-electron chi connectivity index (χ1n) is 13.0. The molecule has 0 bridgehead atoms. The first-order chi connectivity index (χ1) is 17.6. The van der Waals surface area contributed by atoms with Crippen LogP contribution in [0.4, 0.5) is 11.8 Å². The molecule has 3 aromatic rings. The topological polar surface area (TPSA) is 66.0 Å². The molecule has 0 radical (unpaired) electrons. The molecular weight excluding hydrogens is 559 g/mol. The van der Waals surface area contributed by atoms with Gasteiger partial charge in [-0.05, 0) is 44.5 Å². The minimum atomic E-state index is 0. The number of aromatic nitrogens is 2. The van der Waals surface area contributed by atoms with Crippen molar-refractivity contribution in [3.05, 3.63) is 48.0 Å². The fourth-order valence-corrected chi connectivity index (χ4v) is 5.21. The minimum Gasteiger partial charge on any atom is -0.493 e. The highest BCUT2D eigenvalue weighted by molar-refractivity contribution is 5.93. The van der Waals surface area contributed by atoms with E-state index in [0.29, 0.717) is 17.5 Å². The van der Waals surface area contributed by atoms with E-state index in [-0.39, 0.29) is 37.2 Å². The second kappa shape index (κ2) is 15.5. The molecule has 2 aliphatic heterocycles. The number of hydrogen-bond acceptors (Lipinski definition) is 8. The fraction of sp³-hybridized carbons (Fsp3) is 0.500. The van der Waals surface area contributed by atoms with Gasteiger partial charge < -0.3 is 24.6 Å². The number of halogens is 3. The van der Waals surface area contributed by atoms with E-state index >= 15 is 0 Å². The molecule has 2 fully saturated rings. The van der Waals surface area contributed by atoms with Crippen molar-refractivity contribution in [2.24, 2.45) is 0 Å². The molecule has 39 heavy (non-hydrogen) atoms. The quantitative estimate of drug-likeness (QED) is 0.401. The summed E-state index contributed by atoms with van der Waals surface area (Å²) >= 11 is 0. The van der Waals surface area contributed by atoms with Gasteiger partial charge in [0.05, 0.1) is 19.7 Å². The molecule has 0 spiro atoms. The summed E-state index contributed by atoms with van der Waals surface area (Å²) in [6.45, 7) is 7.13. The summed E-state index contributed by atoms with van der Waals surface area (Å²) in [5.74, 6) is 3.05. The molecule has 0 amide bonds. The predicted octanol–water partition coefficient (Wildman–Crippen LogP) is 5.13. The van der Waals surface area contributed by atoms with E-state index in [0.717, 1.165) is 87.7 Å². The van der Waals surface area contributed by atoms with Crippen LogP contribution in [0.5, 0.6) is 11.5 Å². The van der Waals surface area contributed by atoms with Gasteiger partial charge in [-0.15, -0.1) is 37.2 Å². The van der Waals surface area contributed by atoms with Crippen LogP contribution in [0.1, 0.15) is 24.8 Å². The van der Waals surface area contributed by atoms with Gasteiger partial charge in [-0.25, -0.2) is 4.98 Å². The number of nitrogens with one attached hydrogen (secondary N) is 1. The van der Waals surface area contributed by atoms with E-state index in [1.165, 1.54) is 5.56 Å². The van der Waals surface area contributed by atoms with Gasteiger partial charge in [0.25, 0.3) is 0 Å². The van der Waals surface area contributed by atoms with Crippen LogP contribution in [0.25, 0.3) is 10.9 Å². The van der Waals surface area contributed by atoms with Crippen molar-refractivity contribution in [1.82, 2.24) is 19.8 Å². The van der Waals surface area contributed by atoms with Crippen LogP contribution >= 0.6 is 37.2 Å². The Labute approximate surface area is 250 Å². The van der Waals surface area contributed by atoms with Gasteiger partial charge in [-0.3, -0.25) is 4.90 Å². The number of likely N-dealkylation sites (tertiary alicyclic amines) is 1. The van der Waals surface area contributed by atoms with Crippen LogP contribution in [0, 0.1) is 0 Å². The number of anilines is 2. The number of benzene rings is 2. The van der Waals surface area contributed by atoms with Gasteiger partial charge in [0.2, 0.25) is 5.95 Å². The smallest absolute Gasteiger partial charge is 0.227 e. The Morgan fingerprint density at radius 1 is 0.846 bits per heavy atom. The Kier molecular flexibility index (Phi) is 13.1. The molecule has 0 unspecified atom stereocenters. The molecule has 11 heteroatoms. The number of rotatable bonds is 7. The maximum atomic E-state index is 5.60. The lowest BCUT2D eigenvalue weighted by molar-refractivity contribution is 0.211. The summed E-state index contributed by atoms with van der Waals surface area (Å²) in [6.07, 6.45) is 3.26. The highest BCUT2D eigenvalue weighted by Crippen LogP contribution is 2.35. The van der Waals surface area contributed by atoms with Crippen molar-refractivity contribution in [3.63, 3.8) is 0 Å². The van der Waals surface area contributed by atoms with Gasteiger partial charge in [0, 0.05) is 56.8 Å². The molecule has 216 valence electrons. The molecule has 1 N–H and O–H groups in total. The van der Waals surface area contributed by atoms with Crippen LogP contribution in [0.15, 0.2) is 42.5 Å². The second-order valence-electron chi connectivity index (χ2n) is 9.92. The largest absolute Gasteiger partial charge is 0.493 e. The third kappa shape index (κ3) is 8.14. The zero-order valence-corrected chi connectivity index (χ0v) is 25.4. The summed E-state index contributed by atoms with van der Waals surface area (Å²) < 4.78 is 11.2. The third-order valence-corrected chi connectivity index (χ3v) is 7.37. The summed E-state index contributed by atoms with van der Waals surface area (Å²) in [5.41, 5.74) is 2.25. The van der Waals surface area contributed by atoms with Gasteiger partial charge in [0.15, 0.2) is 11.5 Å². The van der Waals surface area contributed by atoms with Crippen molar-refractivity contribution in [2.75, 3.05) is 70.8 Å². The molecule has 1 aromatic heterocycles. The van der Waals surface area contributed by atoms with Gasteiger partial charge in [0.1, 0.15) is 5.82 Å². The highest BCUT2D eigenvalue weighted by Gasteiger charge is 2.23. The van der Waals surface area contributed by atoms with E-state index in [4.69, 9.17) is 19.4 Å². The molecule has 0 saturated carbocycles. The summed E-state index contributed by atoms with van der Waals surface area (Å²) in [4.78, 5) is 17.3. The first kappa shape index (κ1) is 33.0. The Morgan fingerprint density at radius 2 is 1.54 bits per heavy atom. The van der Waals surface area contributed by atoms with Gasteiger partial charge >= 0.3 is 0 Å². The lowest BCUT2D eigenvalue weighted by atomic mass is 10.0. The highest BCUT2D eigenvalue weighted by atomic mass is 35.5. The van der Waals surface area contributed by atoms with E-state index < -0.39 is 0 Å². The summed E-state index contributed by atoms with van der Waals surface area (Å²) in [7, 11) is 5.51. The summed E-state index contributed by atoms with van der Waals surface area (Å²) in [5, 5.41) is 4.76. The number of piperidine rings is 1. The van der Waals surface area contributed by atoms with Crippen LogP contribution in [-0.2, 0) is 6.54 Å². The maximum Gasteiger partial charge on any atom is 0.227 e. The van der Waals surface area contributed by atoms with E-state index in [1.54, 1.807) is 14.2 Å². The van der Waals surface area contributed by atoms with Crippen LogP contribution in [-0.4, -0.2) is 86.3 Å². The molecule has 2 aliphatic rings. The molecule has 2 saturated heterocycles. The number of likely N-dealkylation sites (N-methyl/N-ethyl adjacent to an activating group) is 1. The molecule has 2 aromatic carbocycles. The number of hydrogen-bond donors (Lipinski definition) is 1. The van der Waals surface area contributed by atoms with Crippen molar-refractivity contribution in [3.8, 4) is 11.5 Å². The SMILES string of the molecule is COc1cc2nc(N3CCCN(C)CC3)nc(NC3CCN(Cc4ccccc4)CC3)c2cc1OC.Cl.Cl.Cl. The maximum absolute atomic E-state index is 5.60. The number of methoxy groups -OCH3 is 2. The van der Waals surface area contributed by atoms with E-state index in [9.17, 15) is 0 Å². The lowest BCUT2D eigenvalue weighted by Crippen LogP contribution is -2.39. The number of nitrogens with zero attached hydrogens (tertiary/aromatic N) is 5. The third-order valence-electron chi connectivity index (χ3n) is 7.37. The molecule has 0 aliphatic carbocycles. The Balaban J connectivity index is 0.00000178. The minimum absolute atomic E-state index is 0. The van der Waals surface area contributed by atoms with E-state index in [2.05, 4.69) is 57.4 Å². The van der Waals surface area contributed by atoms with Crippen molar-refractivity contribution in [1.29, 1.82) is 0 Å². The average molecular weight is 600 g/mol. The fourth-order valence-electron chi connectivity index (χ4n) is 5.21. The normalized spacial score (nSPS) is 16.8. The van der Waals surface area contributed by atoms with Crippen molar-refractivity contribution in [2.45, 2.75) is 31.8 Å². The Morgan fingerprint density at radius 3 is 2.23 bits per heavy atom.